The Kier molecular flexibility index (Phi) is 4.44. The van der Waals surface area contributed by atoms with Crippen molar-refractivity contribution in [2.45, 2.75) is 11.5 Å². The Labute approximate surface area is 122 Å². The second-order valence-electron chi connectivity index (χ2n) is 4.25. The molecule has 0 heterocycles. The van der Waals surface area contributed by atoms with E-state index in [1.54, 1.807) is 6.07 Å². The summed E-state index contributed by atoms with van der Waals surface area (Å²) >= 11 is 0. The maximum absolute atomic E-state index is 12.8. The van der Waals surface area contributed by atoms with Gasteiger partial charge in [-0.2, -0.15) is 0 Å². The summed E-state index contributed by atoms with van der Waals surface area (Å²) < 4.78 is 44.7. The molecule has 0 aliphatic rings. The minimum Gasteiger partial charge on any atom is -0.495 e. The van der Waals surface area contributed by atoms with E-state index in [2.05, 4.69) is 4.72 Å². The van der Waals surface area contributed by atoms with Crippen LogP contribution in [0.3, 0.4) is 0 Å². The quantitative estimate of drug-likeness (QED) is 0.887. The molecule has 2 N–H and O–H groups in total. The summed E-state index contributed by atoms with van der Waals surface area (Å²) in [5.74, 6) is -0.230. The lowest BCUT2D eigenvalue weighted by atomic mass is 10.2. The van der Waals surface area contributed by atoms with E-state index in [-0.39, 0.29) is 22.9 Å². The van der Waals surface area contributed by atoms with Crippen LogP contribution in [0.15, 0.2) is 47.4 Å². The first-order valence-corrected chi connectivity index (χ1v) is 7.51. The highest BCUT2D eigenvalue weighted by Gasteiger charge is 2.16. The molecule has 0 atom stereocenters. The SMILES string of the molecule is COc1cc(CO)ccc1NS(=O)(=O)c1ccc(F)cc1. The molecule has 0 aromatic heterocycles. The van der Waals surface area contributed by atoms with Gasteiger partial charge in [0.1, 0.15) is 11.6 Å². The van der Waals surface area contributed by atoms with Crippen LogP contribution in [0.5, 0.6) is 5.75 Å². The number of aliphatic hydroxyl groups excluding tert-OH is 1. The Bertz CT molecular complexity index is 729. The zero-order valence-corrected chi connectivity index (χ0v) is 12.0. The topological polar surface area (TPSA) is 75.6 Å². The third-order valence-corrected chi connectivity index (χ3v) is 4.20. The van der Waals surface area contributed by atoms with E-state index >= 15 is 0 Å². The zero-order chi connectivity index (χ0) is 15.5. The summed E-state index contributed by atoms with van der Waals surface area (Å²) in [6, 6.07) is 9.08. The normalized spacial score (nSPS) is 11.2. The second kappa shape index (κ2) is 6.11. The molecule has 5 nitrogen and oxygen atoms in total. The minimum atomic E-state index is -3.84. The standard InChI is InChI=1S/C14H14FNO4S/c1-20-14-8-10(9-17)2-7-13(14)16-21(18,19)12-5-3-11(15)4-6-12/h2-8,16-17H,9H2,1H3. The van der Waals surface area contributed by atoms with Gasteiger partial charge in [0.2, 0.25) is 0 Å². The minimum absolute atomic E-state index is 0.0582. The van der Waals surface area contributed by atoms with Gasteiger partial charge in [0.25, 0.3) is 10.0 Å². The van der Waals surface area contributed by atoms with Crippen LogP contribution < -0.4 is 9.46 Å². The van der Waals surface area contributed by atoms with Crippen LogP contribution in [0.25, 0.3) is 0 Å². The lowest BCUT2D eigenvalue weighted by molar-refractivity contribution is 0.281. The van der Waals surface area contributed by atoms with Crippen molar-refractivity contribution in [1.29, 1.82) is 0 Å². The van der Waals surface area contributed by atoms with Crippen molar-refractivity contribution in [3.63, 3.8) is 0 Å². The Balaban J connectivity index is 2.34. The largest absolute Gasteiger partial charge is 0.495 e. The first kappa shape index (κ1) is 15.3. The number of hydrogen-bond donors (Lipinski definition) is 2. The van der Waals surface area contributed by atoms with E-state index in [9.17, 15) is 12.8 Å². The molecule has 112 valence electrons. The smallest absolute Gasteiger partial charge is 0.262 e. The average Bonchev–Trinajstić information content (AvgIpc) is 2.47. The van der Waals surface area contributed by atoms with Gasteiger partial charge in [-0.05, 0) is 42.0 Å². The molecular weight excluding hydrogens is 297 g/mol. The molecule has 0 aliphatic heterocycles. The summed E-state index contributed by atoms with van der Waals surface area (Å²) in [4.78, 5) is -0.0582. The first-order valence-electron chi connectivity index (χ1n) is 6.02. The van der Waals surface area contributed by atoms with Crippen molar-refractivity contribution < 1.29 is 22.7 Å². The number of ether oxygens (including phenoxy) is 1. The second-order valence-corrected chi connectivity index (χ2v) is 5.93. The molecule has 7 heteroatoms. The van der Waals surface area contributed by atoms with Crippen LogP contribution in [-0.2, 0) is 16.6 Å². The van der Waals surface area contributed by atoms with Crippen LogP contribution in [0, 0.1) is 5.82 Å². The van der Waals surface area contributed by atoms with E-state index in [1.165, 1.54) is 31.4 Å². The Hall–Kier alpha value is -2.12. The summed E-state index contributed by atoms with van der Waals surface area (Å²) in [6.45, 7) is -0.179. The maximum atomic E-state index is 12.8. The molecule has 2 rings (SSSR count). The van der Waals surface area contributed by atoms with Crippen molar-refractivity contribution in [1.82, 2.24) is 0 Å². The number of rotatable bonds is 5. The zero-order valence-electron chi connectivity index (χ0n) is 11.2. The fourth-order valence-electron chi connectivity index (χ4n) is 1.74. The van der Waals surface area contributed by atoms with Gasteiger partial charge in [-0.15, -0.1) is 0 Å². The number of sulfonamides is 1. The van der Waals surface area contributed by atoms with E-state index in [0.29, 0.717) is 5.56 Å². The highest BCUT2D eigenvalue weighted by Crippen LogP contribution is 2.28. The number of methoxy groups -OCH3 is 1. The van der Waals surface area contributed by atoms with Gasteiger partial charge in [-0.25, -0.2) is 12.8 Å². The molecule has 0 bridgehead atoms. The first-order chi connectivity index (χ1) is 9.96. The molecule has 2 aromatic carbocycles. The molecule has 0 saturated carbocycles. The van der Waals surface area contributed by atoms with Crippen molar-refractivity contribution in [2.75, 3.05) is 11.8 Å². The number of hydrogen-bond acceptors (Lipinski definition) is 4. The molecule has 0 aliphatic carbocycles. The fraction of sp³-hybridized carbons (Fsp3) is 0.143. The van der Waals surface area contributed by atoms with Crippen molar-refractivity contribution in [3.8, 4) is 5.75 Å². The molecule has 0 fully saturated rings. The van der Waals surface area contributed by atoms with Gasteiger partial charge in [0, 0.05) is 0 Å². The van der Waals surface area contributed by atoms with E-state index in [1.807, 2.05) is 0 Å². The van der Waals surface area contributed by atoms with Crippen LogP contribution >= 0.6 is 0 Å². The monoisotopic (exact) mass is 311 g/mol. The number of benzene rings is 2. The van der Waals surface area contributed by atoms with Gasteiger partial charge < -0.3 is 9.84 Å². The summed E-state index contributed by atoms with van der Waals surface area (Å²) in [7, 11) is -2.45. The third-order valence-electron chi connectivity index (χ3n) is 2.82. The summed E-state index contributed by atoms with van der Waals surface area (Å²) in [6.07, 6.45) is 0. The lowest BCUT2D eigenvalue weighted by Crippen LogP contribution is -2.13. The van der Waals surface area contributed by atoms with Gasteiger partial charge in [-0.1, -0.05) is 6.07 Å². The van der Waals surface area contributed by atoms with Crippen LogP contribution in [0.4, 0.5) is 10.1 Å². The maximum Gasteiger partial charge on any atom is 0.262 e. The van der Waals surface area contributed by atoms with Crippen molar-refractivity contribution >= 4 is 15.7 Å². The Morgan fingerprint density at radius 1 is 1.19 bits per heavy atom. The number of aliphatic hydroxyl groups is 1. The van der Waals surface area contributed by atoms with E-state index < -0.39 is 15.8 Å². The third kappa shape index (κ3) is 3.50. The molecule has 0 amide bonds. The average molecular weight is 311 g/mol. The highest BCUT2D eigenvalue weighted by molar-refractivity contribution is 7.92. The number of halogens is 1. The van der Waals surface area contributed by atoms with Gasteiger partial charge in [0.15, 0.2) is 0 Å². The summed E-state index contributed by atoms with van der Waals surface area (Å²) in [5.41, 5.74) is 0.829. The molecule has 0 radical (unpaired) electrons. The van der Waals surface area contributed by atoms with Gasteiger partial charge >= 0.3 is 0 Å². The molecule has 0 saturated heterocycles. The van der Waals surface area contributed by atoms with Gasteiger partial charge in [0.05, 0.1) is 24.3 Å². The van der Waals surface area contributed by atoms with Crippen LogP contribution in [0.2, 0.25) is 0 Å². The molecule has 21 heavy (non-hydrogen) atoms. The predicted molar refractivity (Wildman–Crippen MR) is 76.1 cm³/mol. The number of anilines is 1. The van der Waals surface area contributed by atoms with Crippen molar-refractivity contribution in [2.24, 2.45) is 0 Å². The fourth-order valence-corrected chi connectivity index (χ4v) is 2.81. The summed E-state index contributed by atoms with van der Waals surface area (Å²) in [5, 5.41) is 9.06. The molecular formula is C14H14FNO4S. The van der Waals surface area contributed by atoms with Crippen LogP contribution in [0.1, 0.15) is 5.56 Å². The molecule has 0 unspecified atom stereocenters. The van der Waals surface area contributed by atoms with Crippen molar-refractivity contribution in [3.05, 3.63) is 53.8 Å². The number of nitrogens with one attached hydrogen (secondary N) is 1. The van der Waals surface area contributed by atoms with Gasteiger partial charge in [-0.3, -0.25) is 4.72 Å². The lowest BCUT2D eigenvalue weighted by Gasteiger charge is -2.12. The van der Waals surface area contributed by atoms with E-state index in [0.717, 1.165) is 12.1 Å². The molecule has 2 aromatic rings. The highest BCUT2D eigenvalue weighted by atomic mass is 32.2. The molecule has 0 spiro atoms. The predicted octanol–water partition coefficient (Wildman–Crippen LogP) is 2.13. The Morgan fingerprint density at radius 2 is 1.86 bits per heavy atom. The Morgan fingerprint density at radius 3 is 2.43 bits per heavy atom. The van der Waals surface area contributed by atoms with E-state index in [4.69, 9.17) is 9.84 Å². The van der Waals surface area contributed by atoms with Crippen LogP contribution in [-0.4, -0.2) is 20.6 Å².